The average molecular weight is 931 g/mol. The van der Waals surface area contributed by atoms with Gasteiger partial charge in [-0.05, 0) is 41.0 Å². The maximum Gasteiger partial charge on any atom is 0.221 e. The van der Waals surface area contributed by atoms with E-state index in [1.165, 1.54) is 61.5 Å². The first-order valence-corrected chi connectivity index (χ1v) is 21.3. The fourth-order valence-corrected chi connectivity index (χ4v) is 6.13. The molecule has 6 aromatic carbocycles. The van der Waals surface area contributed by atoms with Crippen LogP contribution in [0.3, 0.4) is 0 Å². The second-order valence-electron chi connectivity index (χ2n) is 10.7. The molecule has 0 saturated heterocycles. The fourth-order valence-electron chi connectivity index (χ4n) is 6.13. The Bertz CT molecular complexity index is 1840. The minimum atomic E-state index is 0. The van der Waals surface area contributed by atoms with Crippen LogP contribution in [0, 0.1) is 0 Å². The minimum Gasteiger partial charge on any atom is -1.00 e. The van der Waals surface area contributed by atoms with Crippen molar-refractivity contribution in [3.63, 3.8) is 0 Å². The first-order chi connectivity index (χ1) is 22.4. The van der Waals surface area contributed by atoms with Crippen molar-refractivity contribution in [2.24, 2.45) is 0 Å². The molecule has 7 aromatic rings. The molecule has 0 N–H and O–H groups in total. The molecule has 226 valence electrons. The third-order valence-corrected chi connectivity index (χ3v) is 7.98. The Morgan fingerprint density at radius 2 is 0.587 bits per heavy atom. The summed E-state index contributed by atoms with van der Waals surface area (Å²) in [4.78, 5) is 0. The Hall–Kier alpha value is -3.34. The van der Waals surface area contributed by atoms with Gasteiger partial charge >= 0.3 is 0 Å². The van der Waals surface area contributed by atoms with Crippen molar-refractivity contribution in [3.05, 3.63) is 188 Å². The SMILES string of the molecule is II.[I-].c1ccc(C[n+]2c(-c3ccccc3)c(-c3ccccc3)c(-c3ccccc3)c(-c3ccccc3)c2-c2ccccc2)cc1. The van der Waals surface area contributed by atoms with Crippen LogP contribution in [0.1, 0.15) is 5.56 Å². The van der Waals surface area contributed by atoms with Gasteiger partial charge in [-0.2, -0.15) is 4.57 Å². The molecule has 46 heavy (non-hydrogen) atoms. The second-order valence-corrected chi connectivity index (χ2v) is 10.7. The summed E-state index contributed by atoms with van der Waals surface area (Å²) in [6.45, 7) is 0.726. The van der Waals surface area contributed by atoms with Gasteiger partial charge in [0.1, 0.15) is 0 Å². The van der Waals surface area contributed by atoms with Crippen LogP contribution >= 0.6 is 37.2 Å². The summed E-state index contributed by atoms with van der Waals surface area (Å²) in [6.07, 6.45) is 0. The van der Waals surface area contributed by atoms with Gasteiger partial charge in [-0.3, -0.25) is 0 Å². The summed E-state index contributed by atoms with van der Waals surface area (Å²) in [5.74, 6) is 0. The summed E-state index contributed by atoms with van der Waals surface area (Å²) in [5, 5.41) is 0. The van der Waals surface area contributed by atoms with Crippen molar-refractivity contribution in [3.8, 4) is 55.9 Å². The highest BCUT2D eigenvalue weighted by Crippen LogP contribution is 2.47. The Balaban J connectivity index is 0.00000136. The topological polar surface area (TPSA) is 3.88 Å². The highest BCUT2D eigenvalue weighted by Gasteiger charge is 2.34. The van der Waals surface area contributed by atoms with Crippen LogP contribution in [-0.2, 0) is 6.54 Å². The Kier molecular flexibility index (Phi) is 12.6. The van der Waals surface area contributed by atoms with Crippen LogP contribution in [0.4, 0.5) is 0 Å². The molecule has 1 nitrogen and oxygen atoms in total. The smallest absolute Gasteiger partial charge is 0.221 e. The van der Waals surface area contributed by atoms with E-state index in [-0.39, 0.29) is 24.0 Å². The van der Waals surface area contributed by atoms with E-state index in [0.29, 0.717) is 0 Å². The molecule has 4 heteroatoms. The first kappa shape index (κ1) is 34.0. The Morgan fingerprint density at radius 3 is 0.913 bits per heavy atom. The standard InChI is InChI=1S/C42H32N.I2.HI/c1-7-19-32(20-8-1)31-43-41(36-27-15-5-16-28-36)39(34-23-11-3-12-24-34)38(33-21-9-2-10-22-33)40(35-25-13-4-14-26-35)42(43)37-29-17-6-18-30-37;1-2;/h1-30H,31H2;;1H/q+1;;/p-1. The maximum absolute atomic E-state index is 2.55. The number of hydrogen-bond donors (Lipinski definition) is 0. The van der Waals surface area contributed by atoms with Crippen molar-refractivity contribution in [1.29, 1.82) is 0 Å². The summed E-state index contributed by atoms with van der Waals surface area (Å²) < 4.78 is 2.55. The number of hydrogen-bond acceptors (Lipinski definition) is 0. The molecular weight excluding hydrogens is 899 g/mol. The van der Waals surface area contributed by atoms with E-state index in [0.717, 1.165) is 6.54 Å². The van der Waals surface area contributed by atoms with Gasteiger partial charge in [0.2, 0.25) is 11.4 Å². The van der Waals surface area contributed by atoms with E-state index in [4.69, 9.17) is 0 Å². The molecule has 0 aliphatic rings. The van der Waals surface area contributed by atoms with Crippen molar-refractivity contribution >= 4 is 37.2 Å². The Labute approximate surface area is 312 Å². The lowest BCUT2D eigenvalue weighted by molar-refractivity contribution is -0.665. The third kappa shape index (κ3) is 7.45. The van der Waals surface area contributed by atoms with Gasteiger partial charge < -0.3 is 24.0 Å². The third-order valence-electron chi connectivity index (χ3n) is 7.98. The normalized spacial score (nSPS) is 10.3. The zero-order chi connectivity index (χ0) is 30.8. The van der Waals surface area contributed by atoms with E-state index >= 15 is 0 Å². The lowest BCUT2D eigenvalue weighted by atomic mass is 9.82. The molecule has 0 aliphatic heterocycles. The molecule has 0 radical (unpaired) electrons. The zero-order valence-corrected chi connectivity index (χ0v) is 31.6. The second kappa shape index (κ2) is 17.0. The number of rotatable bonds is 7. The minimum absolute atomic E-state index is 0. The predicted octanol–water partition coefficient (Wildman–Crippen LogP) is 9.13. The van der Waals surface area contributed by atoms with Gasteiger partial charge in [-0.1, -0.05) is 158 Å². The summed E-state index contributed by atoms with van der Waals surface area (Å²) >= 11 is 4.24. The largest absolute Gasteiger partial charge is 1.00 e. The van der Waals surface area contributed by atoms with E-state index in [9.17, 15) is 0 Å². The highest BCUT2D eigenvalue weighted by atomic mass is 128. The lowest BCUT2D eigenvalue weighted by Gasteiger charge is -2.23. The van der Waals surface area contributed by atoms with Crippen LogP contribution in [0.15, 0.2) is 182 Å². The van der Waals surface area contributed by atoms with Gasteiger partial charge in [-0.15, -0.1) is 0 Å². The molecule has 0 amide bonds. The van der Waals surface area contributed by atoms with Crippen molar-refractivity contribution in [2.75, 3.05) is 0 Å². The van der Waals surface area contributed by atoms with Crippen molar-refractivity contribution in [1.82, 2.24) is 0 Å². The van der Waals surface area contributed by atoms with Crippen molar-refractivity contribution in [2.45, 2.75) is 6.54 Å². The summed E-state index contributed by atoms with van der Waals surface area (Å²) in [5.41, 5.74) is 13.3. The quantitative estimate of drug-likeness (QED) is 0.111. The molecule has 0 bridgehead atoms. The molecule has 0 atom stereocenters. The summed E-state index contributed by atoms with van der Waals surface area (Å²) in [7, 11) is 0. The predicted molar refractivity (Wildman–Crippen MR) is 207 cm³/mol. The number of halogens is 3. The van der Waals surface area contributed by atoms with Gasteiger partial charge in [-0.25, -0.2) is 0 Å². The van der Waals surface area contributed by atoms with E-state index in [1.54, 1.807) is 0 Å². The maximum atomic E-state index is 2.55. The van der Waals surface area contributed by atoms with Gasteiger partial charge in [0, 0.05) is 59.5 Å². The average Bonchev–Trinajstić information content (AvgIpc) is 3.14. The van der Waals surface area contributed by atoms with E-state index < -0.39 is 0 Å². The fraction of sp³-hybridized carbons (Fsp3) is 0.0238. The monoisotopic (exact) mass is 931 g/mol. The molecule has 0 aliphatic carbocycles. The van der Waals surface area contributed by atoms with E-state index in [1.807, 2.05) is 0 Å². The molecule has 0 saturated carbocycles. The van der Waals surface area contributed by atoms with Crippen LogP contribution in [0.25, 0.3) is 55.9 Å². The first-order valence-electron chi connectivity index (χ1n) is 15.0. The molecular formula is C42H32I3N. The Morgan fingerprint density at radius 1 is 0.326 bits per heavy atom. The van der Waals surface area contributed by atoms with Crippen LogP contribution < -0.4 is 28.5 Å². The van der Waals surface area contributed by atoms with Crippen LogP contribution in [-0.4, -0.2) is 0 Å². The molecule has 1 aromatic heterocycles. The van der Waals surface area contributed by atoms with Gasteiger partial charge in [0.05, 0.1) is 11.1 Å². The highest BCUT2D eigenvalue weighted by molar-refractivity contribution is 15.0. The van der Waals surface area contributed by atoms with Crippen LogP contribution in [0.2, 0.25) is 0 Å². The molecule has 1 heterocycles. The number of benzene rings is 6. The molecule has 7 rings (SSSR count). The molecule has 0 unspecified atom stereocenters. The number of nitrogens with zero attached hydrogens (tertiary/aromatic N) is 1. The summed E-state index contributed by atoms with van der Waals surface area (Å²) in [6, 6.07) is 65.2. The number of aromatic nitrogens is 1. The number of pyridine rings is 1. The zero-order valence-electron chi connectivity index (χ0n) is 25.1. The van der Waals surface area contributed by atoms with Gasteiger partial charge in [0.15, 0.2) is 6.54 Å². The molecule has 0 spiro atoms. The van der Waals surface area contributed by atoms with E-state index in [2.05, 4.69) is 224 Å². The lowest BCUT2D eigenvalue weighted by Crippen LogP contribution is -3.00. The van der Waals surface area contributed by atoms with Crippen LogP contribution in [0.5, 0.6) is 0 Å². The van der Waals surface area contributed by atoms with Gasteiger partial charge in [0.25, 0.3) is 0 Å². The van der Waals surface area contributed by atoms with Crippen molar-refractivity contribution < 1.29 is 28.5 Å². The molecule has 0 fully saturated rings.